The van der Waals surface area contributed by atoms with Crippen LogP contribution in [-0.2, 0) is 11.2 Å². The minimum Gasteiger partial charge on any atom is -0.410 e. The smallest absolute Gasteiger partial charge is 0.410 e. The summed E-state index contributed by atoms with van der Waals surface area (Å²) in [6.45, 7) is 1.87. The van der Waals surface area contributed by atoms with Crippen LogP contribution in [0.2, 0.25) is 5.02 Å². The van der Waals surface area contributed by atoms with Crippen LogP contribution in [0.3, 0.4) is 0 Å². The van der Waals surface area contributed by atoms with Gasteiger partial charge in [-0.25, -0.2) is 4.79 Å². The minimum atomic E-state index is -0.871. The molecule has 162 valence electrons. The Morgan fingerprint density at radius 3 is 2.59 bits per heavy atom. The van der Waals surface area contributed by atoms with E-state index < -0.39 is 12.1 Å². The van der Waals surface area contributed by atoms with E-state index in [2.05, 4.69) is 15.6 Å². The van der Waals surface area contributed by atoms with Gasteiger partial charge in [0.25, 0.3) is 0 Å². The molecule has 32 heavy (non-hydrogen) atoms. The van der Waals surface area contributed by atoms with Crippen LogP contribution in [-0.4, -0.2) is 23.0 Å². The molecule has 3 aromatic carbocycles. The van der Waals surface area contributed by atoms with E-state index in [1.165, 1.54) is 0 Å². The van der Waals surface area contributed by atoms with E-state index in [9.17, 15) is 9.59 Å². The zero-order valence-corrected chi connectivity index (χ0v) is 18.1. The Labute approximate surface area is 190 Å². The molecule has 0 saturated heterocycles. The number of anilines is 1. The number of hydrogen-bond acceptors (Lipinski definition) is 3. The van der Waals surface area contributed by atoms with E-state index in [0.717, 1.165) is 22.0 Å². The highest BCUT2D eigenvalue weighted by molar-refractivity contribution is 6.31. The van der Waals surface area contributed by atoms with Crippen LogP contribution in [0.15, 0.2) is 79.0 Å². The number of H-pyrrole nitrogens is 1. The number of aromatic amines is 1. The first-order chi connectivity index (χ1) is 15.5. The molecule has 0 aliphatic heterocycles. The van der Waals surface area contributed by atoms with Crippen molar-refractivity contribution in [2.75, 3.05) is 5.32 Å². The molecule has 0 radical (unpaired) electrons. The SMILES string of the molecule is Cc1ccc(Cl)cc1NC(=O)[C@H](Cc1c[nH]c2ccccc12)NC(=O)Oc1ccccc1. The maximum atomic E-state index is 13.2. The quantitative estimate of drug-likeness (QED) is 0.366. The summed E-state index contributed by atoms with van der Waals surface area (Å²) in [6, 6.07) is 20.9. The largest absolute Gasteiger partial charge is 0.413 e. The Hall–Kier alpha value is -3.77. The molecule has 6 nitrogen and oxygen atoms in total. The van der Waals surface area contributed by atoms with Gasteiger partial charge in [0.1, 0.15) is 11.8 Å². The standard InChI is InChI=1S/C25H22ClN3O3/c1-16-11-12-18(26)14-22(16)28-24(30)23(29-25(31)32-19-7-3-2-4-8-19)13-17-15-27-21-10-6-5-9-20(17)21/h2-12,14-15,23,27H,13H2,1H3,(H,28,30)(H,29,31)/t23-/m0/s1. The number of aryl methyl sites for hydroxylation is 1. The van der Waals surface area contributed by atoms with Crippen molar-refractivity contribution in [1.82, 2.24) is 10.3 Å². The van der Waals surface area contributed by atoms with Gasteiger partial charge in [-0.15, -0.1) is 0 Å². The Morgan fingerprint density at radius 2 is 1.78 bits per heavy atom. The summed E-state index contributed by atoms with van der Waals surface area (Å²) in [4.78, 5) is 28.9. The molecule has 1 heterocycles. The summed E-state index contributed by atoms with van der Waals surface area (Å²) >= 11 is 6.09. The van der Waals surface area contributed by atoms with Crippen molar-refractivity contribution in [2.45, 2.75) is 19.4 Å². The summed E-state index contributed by atoms with van der Waals surface area (Å²) < 4.78 is 5.34. The topological polar surface area (TPSA) is 83.2 Å². The molecular formula is C25H22ClN3O3. The van der Waals surface area contributed by atoms with Crippen molar-refractivity contribution in [3.8, 4) is 5.75 Å². The highest BCUT2D eigenvalue weighted by Gasteiger charge is 2.24. The van der Waals surface area contributed by atoms with Crippen molar-refractivity contribution >= 4 is 40.2 Å². The Bertz CT molecular complexity index is 1250. The van der Waals surface area contributed by atoms with Gasteiger partial charge in [-0.2, -0.15) is 0 Å². The molecule has 4 rings (SSSR count). The molecule has 0 fully saturated rings. The maximum absolute atomic E-state index is 13.2. The molecule has 0 aliphatic rings. The molecule has 4 aromatic rings. The van der Waals surface area contributed by atoms with E-state index in [1.807, 2.05) is 49.5 Å². The van der Waals surface area contributed by atoms with Crippen molar-refractivity contribution in [3.63, 3.8) is 0 Å². The number of halogens is 1. The number of nitrogens with one attached hydrogen (secondary N) is 3. The van der Waals surface area contributed by atoms with Gasteiger partial charge in [0.2, 0.25) is 5.91 Å². The fourth-order valence-electron chi connectivity index (χ4n) is 3.45. The zero-order chi connectivity index (χ0) is 22.5. The van der Waals surface area contributed by atoms with Crippen LogP contribution in [0.5, 0.6) is 5.75 Å². The second-order valence-electron chi connectivity index (χ2n) is 7.41. The van der Waals surface area contributed by atoms with Gasteiger partial charge >= 0.3 is 6.09 Å². The molecule has 0 saturated carbocycles. The van der Waals surface area contributed by atoms with Gasteiger partial charge in [0, 0.05) is 34.2 Å². The molecule has 3 N–H and O–H groups in total. The first-order valence-electron chi connectivity index (χ1n) is 10.1. The van der Waals surface area contributed by atoms with E-state index in [4.69, 9.17) is 16.3 Å². The Kier molecular flexibility index (Phi) is 6.42. The first-order valence-corrected chi connectivity index (χ1v) is 10.5. The summed E-state index contributed by atoms with van der Waals surface area (Å²) in [5, 5.41) is 7.08. The number of carbonyl (C=O) groups is 2. The third kappa shape index (κ3) is 5.10. The second-order valence-corrected chi connectivity index (χ2v) is 7.85. The fourth-order valence-corrected chi connectivity index (χ4v) is 3.62. The number of fused-ring (bicyclic) bond motifs is 1. The number of amides is 2. The monoisotopic (exact) mass is 447 g/mol. The number of carbonyl (C=O) groups excluding carboxylic acids is 2. The number of benzene rings is 3. The number of ether oxygens (including phenoxy) is 1. The van der Waals surface area contributed by atoms with Crippen LogP contribution in [0.25, 0.3) is 10.9 Å². The first kappa shape index (κ1) is 21.5. The van der Waals surface area contributed by atoms with E-state index in [1.54, 1.807) is 36.4 Å². The van der Waals surface area contributed by atoms with Gasteiger partial charge in [0.15, 0.2) is 0 Å². The molecule has 2 amide bonds. The van der Waals surface area contributed by atoms with Gasteiger partial charge in [0.05, 0.1) is 0 Å². The Balaban J connectivity index is 1.57. The van der Waals surface area contributed by atoms with E-state index in [-0.39, 0.29) is 12.3 Å². The van der Waals surface area contributed by atoms with Crippen LogP contribution in [0.4, 0.5) is 10.5 Å². The molecule has 0 aliphatic carbocycles. The molecule has 7 heteroatoms. The van der Waals surface area contributed by atoms with Crippen molar-refractivity contribution in [2.24, 2.45) is 0 Å². The van der Waals surface area contributed by atoms with Gasteiger partial charge in [-0.3, -0.25) is 4.79 Å². The third-order valence-electron chi connectivity index (χ3n) is 5.12. The average molecular weight is 448 g/mol. The average Bonchev–Trinajstić information content (AvgIpc) is 3.19. The van der Waals surface area contributed by atoms with E-state index in [0.29, 0.717) is 16.5 Å². The lowest BCUT2D eigenvalue weighted by molar-refractivity contribution is -0.118. The lowest BCUT2D eigenvalue weighted by Gasteiger charge is -2.19. The predicted octanol–water partition coefficient (Wildman–Crippen LogP) is 5.47. The molecule has 0 spiro atoms. The Morgan fingerprint density at radius 1 is 1.03 bits per heavy atom. The minimum absolute atomic E-state index is 0.277. The summed E-state index contributed by atoms with van der Waals surface area (Å²) in [7, 11) is 0. The van der Waals surface area contributed by atoms with Gasteiger partial charge in [-0.1, -0.05) is 54.1 Å². The van der Waals surface area contributed by atoms with Crippen LogP contribution in [0, 0.1) is 6.92 Å². The number of rotatable bonds is 6. The molecule has 0 bridgehead atoms. The normalized spacial score (nSPS) is 11.7. The van der Waals surface area contributed by atoms with Crippen LogP contribution >= 0.6 is 11.6 Å². The zero-order valence-electron chi connectivity index (χ0n) is 17.4. The van der Waals surface area contributed by atoms with Gasteiger partial charge in [-0.05, 0) is 48.4 Å². The highest BCUT2D eigenvalue weighted by atomic mass is 35.5. The highest BCUT2D eigenvalue weighted by Crippen LogP contribution is 2.22. The van der Waals surface area contributed by atoms with Crippen LogP contribution in [0.1, 0.15) is 11.1 Å². The van der Waals surface area contributed by atoms with Crippen molar-refractivity contribution < 1.29 is 14.3 Å². The molecule has 1 aromatic heterocycles. The number of para-hydroxylation sites is 2. The molecular weight excluding hydrogens is 426 g/mol. The summed E-state index contributed by atoms with van der Waals surface area (Å²) in [6.07, 6.45) is 1.41. The van der Waals surface area contributed by atoms with Crippen LogP contribution < -0.4 is 15.4 Å². The number of hydrogen-bond donors (Lipinski definition) is 3. The molecule has 1 atom stereocenters. The maximum Gasteiger partial charge on any atom is 0.413 e. The summed E-state index contributed by atoms with van der Waals surface area (Å²) in [5.74, 6) is 0.0209. The van der Waals surface area contributed by atoms with Gasteiger partial charge < -0.3 is 20.4 Å². The summed E-state index contributed by atoms with van der Waals surface area (Å²) in [5.41, 5.74) is 3.31. The lowest BCUT2D eigenvalue weighted by Crippen LogP contribution is -2.46. The van der Waals surface area contributed by atoms with Crippen molar-refractivity contribution in [3.05, 3.63) is 95.1 Å². The molecule has 0 unspecified atom stereocenters. The lowest BCUT2D eigenvalue weighted by atomic mass is 10.0. The van der Waals surface area contributed by atoms with E-state index >= 15 is 0 Å². The second kappa shape index (κ2) is 9.58. The fraction of sp³-hybridized carbons (Fsp3) is 0.120. The third-order valence-corrected chi connectivity index (χ3v) is 5.35. The number of aromatic nitrogens is 1. The predicted molar refractivity (Wildman–Crippen MR) is 126 cm³/mol. The van der Waals surface area contributed by atoms with Crippen molar-refractivity contribution in [1.29, 1.82) is 0 Å².